The van der Waals surface area contributed by atoms with E-state index < -0.39 is 17.3 Å². The molecule has 0 aliphatic carbocycles. The monoisotopic (exact) mass is 299 g/mol. The van der Waals surface area contributed by atoms with Crippen molar-refractivity contribution in [2.45, 2.75) is 24.5 Å². The van der Waals surface area contributed by atoms with Gasteiger partial charge >= 0.3 is 6.09 Å². The van der Waals surface area contributed by atoms with Gasteiger partial charge in [0.05, 0.1) is 6.54 Å². The molecule has 0 aromatic heterocycles. The molecule has 1 fully saturated rings. The number of nitrogens with zero attached hydrogens (tertiary/aromatic N) is 1. The summed E-state index contributed by atoms with van der Waals surface area (Å²) in [5, 5.41) is 20.4. The summed E-state index contributed by atoms with van der Waals surface area (Å²) in [6.45, 7) is 1.90. The van der Waals surface area contributed by atoms with Crippen molar-refractivity contribution in [3.05, 3.63) is 34.9 Å². The highest BCUT2D eigenvalue weighted by Gasteiger charge is 2.53. The van der Waals surface area contributed by atoms with Gasteiger partial charge in [-0.2, -0.15) is 0 Å². The van der Waals surface area contributed by atoms with Crippen molar-refractivity contribution >= 4 is 17.7 Å². The Morgan fingerprint density at radius 3 is 2.45 bits per heavy atom. The number of likely N-dealkylation sites (tertiary alicyclic amines) is 1. The molecule has 0 radical (unpaired) electrons. The van der Waals surface area contributed by atoms with E-state index in [9.17, 15) is 9.90 Å². The molecule has 1 aromatic rings. The van der Waals surface area contributed by atoms with Crippen molar-refractivity contribution in [1.82, 2.24) is 4.90 Å². The van der Waals surface area contributed by atoms with Gasteiger partial charge < -0.3 is 19.8 Å². The molecule has 110 valence electrons. The maximum Gasteiger partial charge on any atom is 0.407 e. The van der Waals surface area contributed by atoms with E-state index in [1.165, 1.54) is 12.0 Å². The first kappa shape index (κ1) is 15.1. The molecule has 1 aliphatic heterocycles. The lowest BCUT2D eigenvalue weighted by Gasteiger charge is -2.50. The quantitative estimate of drug-likeness (QED) is 0.879. The average molecular weight is 300 g/mol. The number of aliphatic hydroxyl groups is 1. The highest BCUT2D eigenvalue weighted by molar-refractivity contribution is 6.30. The molecule has 0 saturated carbocycles. The number of carboxylic acid groups (broad SMARTS) is 1. The van der Waals surface area contributed by atoms with Crippen molar-refractivity contribution in [2.75, 3.05) is 20.2 Å². The topological polar surface area (TPSA) is 70.0 Å². The van der Waals surface area contributed by atoms with Crippen LogP contribution in [0.3, 0.4) is 0 Å². The number of carbonyl (C=O) groups is 1. The lowest BCUT2D eigenvalue weighted by molar-refractivity contribution is -0.198. The van der Waals surface area contributed by atoms with Crippen LogP contribution in [0, 0.1) is 0 Å². The van der Waals surface area contributed by atoms with E-state index in [1.54, 1.807) is 31.2 Å². The van der Waals surface area contributed by atoms with Gasteiger partial charge in [0.25, 0.3) is 0 Å². The van der Waals surface area contributed by atoms with Crippen LogP contribution in [0.2, 0.25) is 5.02 Å². The number of halogens is 1. The van der Waals surface area contributed by atoms with Gasteiger partial charge in [0, 0.05) is 25.1 Å². The highest BCUT2D eigenvalue weighted by atomic mass is 35.5. The smallest absolute Gasteiger partial charge is 0.407 e. The molecular formula is C14H18ClNO4. The van der Waals surface area contributed by atoms with E-state index in [1.807, 2.05) is 0 Å². The summed E-state index contributed by atoms with van der Waals surface area (Å²) >= 11 is 5.89. The first-order valence-corrected chi connectivity index (χ1v) is 6.72. The van der Waals surface area contributed by atoms with Gasteiger partial charge in [-0.05, 0) is 24.6 Å². The van der Waals surface area contributed by atoms with Crippen LogP contribution in [-0.2, 0) is 10.3 Å². The predicted molar refractivity (Wildman–Crippen MR) is 75.0 cm³/mol. The van der Waals surface area contributed by atoms with Crippen LogP contribution in [0.4, 0.5) is 4.79 Å². The molecule has 1 saturated heterocycles. The van der Waals surface area contributed by atoms with Gasteiger partial charge in [0.1, 0.15) is 11.2 Å². The molecule has 1 amide bonds. The molecule has 2 unspecified atom stereocenters. The summed E-state index contributed by atoms with van der Waals surface area (Å²) in [4.78, 5) is 12.3. The largest absolute Gasteiger partial charge is 0.465 e. The summed E-state index contributed by atoms with van der Waals surface area (Å²) in [5.41, 5.74) is -1.48. The molecule has 2 rings (SSSR count). The number of hydrogen-bond donors (Lipinski definition) is 2. The number of amides is 1. The van der Waals surface area contributed by atoms with Gasteiger partial charge in [-0.3, -0.25) is 0 Å². The SMILES string of the molecule is COC1(c2ccc(Cl)cc2)CCN(C(=O)O)CC1(C)O. The number of ether oxygens (including phenoxy) is 1. The minimum atomic E-state index is -1.33. The fourth-order valence-corrected chi connectivity index (χ4v) is 3.04. The zero-order valence-corrected chi connectivity index (χ0v) is 12.2. The third kappa shape index (κ3) is 2.37. The van der Waals surface area contributed by atoms with Crippen LogP contribution in [0.1, 0.15) is 18.9 Å². The minimum absolute atomic E-state index is 0.00119. The normalized spacial score (nSPS) is 30.3. The third-order valence-corrected chi connectivity index (χ3v) is 4.28. The molecule has 1 aliphatic rings. The Labute approximate surface area is 122 Å². The molecule has 1 heterocycles. The van der Waals surface area contributed by atoms with E-state index in [0.717, 1.165) is 5.56 Å². The van der Waals surface area contributed by atoms with Crippen molar-refractivity contribution in [1.29, 1.82) is 0 Å². The summed E-state index contributed by atoms with van der Waals surface area (Å²) in [7, 11) is 1.53. The molecule has 5 nitrogen and oxygen atoms in total. The zero-order valence-electron chi connectivity index (χ0n) is 11.5. The van der Waals surface area contributed by atoms with Gasteiger partial charge in [0.15, 0.2) is 0 Å². The van der Waals surface area contributed by atoms with Crippen LogP contribution in [0.15, 0.2) is 24.3 Å². The molecule has 1 aromatic carbocycles. The Balaban J connectivity index is 2.40. The molecule has 2 N–H and O–H groups in total. The first-order chi connectivity index (χ1) is 9.32. The first-order valence-electron chi connectivity index (χ1n) is 6.34. The number of rotatable bonds is 2. The van der Waals surface area contributed by atoms with Crippen molar-refractivity contribution in [3.8, 4) is 0 Å². The second-order valence-electron chi connectivity index (χ2n) is 5.27. The predicted octanol–water partition coefficient (Wildman–Crippen LogP) is 2.32. The average Bonchev–Trinajstić information content (AvgIpc) is 2.39. The maximum absolute atomic E-state index is 11.1. The van der Waals surface area contributed by atoms with E-state index in [4.69, 9.17) is 21.4 Å². The van der Waals surface area contributed by atoms with Crippen LogP contribution in [0.5, 0.6) is 0 Å². The molecule has 6 heteroatoms. The standard InChI is InChI=1S/C14H18ClNO4/c1-13(19)9-16(12(17)18)8-7-14(13,20-2)10-3-5-11(15)6-4-10/h3-6,19H,7-9H2,1-2H3,(H,17,18). The van der Waals surface area contributed by atoms with E-state index in [2.05, 4.69) is 0 Å². The van der Waals surface area contributed by atoms with E-state index in [0.29, 0.717) is 18.0 Å². The van der Waals surface area contributed by atoms with Crippen molar-refractivity contribution in [3.63, 3.8) is 0 Å². The van der Waals surface area contributed by atoms with Gasteiger partial charge in [-0.1, -0.05) is 23.7 Å². The fourth-order valence-electron chi connectivity index (χ4n) is 2.92. The van der Waals surface area contributed by atoms with Crippen molar-refractivity contribution < 1.29 is 19.7 Å². The Bertz CT molecular complexity index is 502. The lowest BCUT2D eigenvalue weighted by atomic mass is 9.73. The second-order valence-corrected chi connectivity index (χ2v) is 5.70. The molecule has 2 atom stereocenters. The third-order valence-electron chi connectivity index (χ3n) is 4.03. The summed E-state index contributed by atoms with van der Waals surface area (Å²) < 4.78 is 5.64. The molecule has 20 heavy (non-hydrogen) atoms. The van der Waals surface area contributed by atoms with Gasteiger partial charge in [0.2, 0.25) is 0 Å². The summed E-state index contributed by atoms with van der Waals surface area (Å²) in [5.74, 6) is 0. The Morgan fingerprint density at radius 2 is 2.00 bits per heavy atom. The number of methoxy groups -OCH3 is 1. The highest BCUT2D eigenvalue weighted by Crippen LogP contribution is 2.43. The maximum atomic E-state index is 11.1. The Hall–Kier alpha value is -1.30. The number of hydrogen-bond acceptors (Lipinski definition) is 3. The Morgan fingerprint density at radius 1 is 1.40 bits per heavy atom. The molecule has 0 spiro atoms. The number of benzene rings is 1. The minimum Gasteiger partial charge on any atom is -0.465 e. The van der Waals surface area contributed by atoms with Crippen LogP contribution in [-0.4, -0.2) is 47.0 Å². The van der Waals surface area contributed by atoms with Crippen molar-refractivity contribution in [2.24, 2.45) is 0 Å². The zero-order chi connectivity index (χ0) is 15.0. The van der Waals surface area contributed by atoms with Gasteiger partial charge in [-0.15, -0.1) is 0 Å². The lowest BCUT2D eigenvalue weighted by Crippen LogP contribution is -2.63. The summed E-state index contributed by atoms with van der Waals surface area (Å²) in [6, 6.07) is 7.07. The number of piperidine rings is 1. The van der Waals surface area contributed by atoms with Crippen LogP contribution in [0.25, 0.3) is 0 Å². The summed E-state index contributed by atoms with van der Waals surface area (Å²) in [6.07, 6.45) is -0.657. The Kier molecular flexibility index (Phi) is 3.95. The molecule has 0 bridgehead atoms. The van der Waals surface area contributed by atoms with E-state index in [-0.39, 0.29) is 6.54 Å². The van der Waals surface area contributed by atoms with Gasteiger partial charge in [-0.25, -0.2) is 4.79 Å². The molecular weight excluding hydrogens is 282 g/mol. The van der Waals surface area contributed by atoms with Crippen LogP contribution >= 0.6 is 11.6 Å². The fraction of sp³-hybridized carbons (Fsp3) is 0.500. The van der Waals surface area contributed by atoms with E-state index >= 15 is 0 Å². The second kappa shape index (κ2) is 5.24. The van der Waals surface area contributed by atoms with Crippen LogP contribution < -0.4 is 0 Å². The number of β-amino-alcohol motifs (C(OH)–C–C–N with tert-alkyl or cyclic N) is 1.